The number of benzene rings is 3. The van der Waals surface area contributed by atoms with Gasteiger partial charge in [0.25, 0.3) is 0 Å². The summed E-state index contributed by atoms with van der Waals surface area (Å²) in [5, 5.41) is 9.68. The molecule has 4 nitrogen and oxygen atoms in total. The van der Waals surface area contributed by atoms with Gasteiger partial charge in [0.1, 0.15) is 12.4 Å². The van der Waals surface area contributed by atoms with Gasteiger partial charge in [-0.15, -0.1) is 5.10 Å². The van der Waals surface area contributed by atoms with Gasteiger partial charge in [0.15, 0.2) is 5.17 Å². The molecule has 3 rings (SSSR count). The molecule has 148 valence electrons. The summed E-state index contributed by atoms with van der Waals surface area (Å²) >= 11 is 13.5. The van der Waals surface area contributed by atoms with E-state index in [0.717, 1.165) is 16.9 Å². The minimum absolute atomic E-state index is 0.345. The van der Waals surface area contributed by atoms with Gasteiger partial charge in [-0.3, -0.25) is 0 Å². The van der Waals surface area contributed by atoms with Gasteiger partial charge in [0, 0.05) is 21.4 Å². The molecule has 0 saturated carbocycles. The molecule has 3 aromatic rings. The molecular weight excluding hydrogens is 425 g/mol. The summed E-state index contributed by atoms with van der Waals surface area (Å²) in [7, 11) is 0. The van der Waals surface area contributed by atoms with E-state index in [9.17, 15) is 0 Å². The van der Waals surface area contributed by atoms with Crippen molar-refractivity contribution in [3.63, 3.8) is 0 Å². The molecule has 0 fully saturated rings. The van der Waals surface area contributed by atoms with E-state index in [2.05, 4.69) is 10.2 Å². The van der Waals surface area contributed by atoms with Crippen LogP contribution in [0.2, 0.25) is 10.0 Å². The van der Waals surface area contributed by atoms with Gasteiger partial charge in [-0.2, -0.15) is 5.10 Å². The molecule has 0 radical (unpaired) electrons. The van der Waals surface area contributed by atoms with Crippen LogP contribution in [0.25, 0.3) is 0 Å². The van der Waals surface area contributed by atoms with Crippen LogP contribution in [-0.4, -0.2) is 11.4 Å². The predicted molar refractivity (Wildman–Crippen MR) is 124 cm³/mol. The van der Waals surface area contributed by atoms with Crippen molar-refractivity contribution in [2.45, 2.75) is 12.4 Å². The van der Waals surface area contributed by atoms with Gasteiger partial charge in [-0.1, -0.05) is 83.5 Å². The number of nitrogens with zero attached hydrogens (tertiary/aromatic N) is 2. The minimum atomic E-state index is 0.345. The Morgan fingerprint density at radius 3 is 2.62 bits per heavy atom. The highest BCUT2D eigenvalue weighted by Gasteiger charge is 2.03. The summed E-state index contributed by atoms with van der Waals surface area (Å²) in [5.41, 5.74) is 8.81. The van der Waals surface area contributed by atoms with Gasteiger partial charge >= 0.3 is 0 Å². The lowest BCUT2D eigenvalue weighted by molar-refractivity contribution is 0.306. The van der Waals surface area contributed by atoms with Gasteiger partial charge in [0.05, 0.1) is 6.21 Å². The number of rotatable bonds is 7. The van der Waals surface area contributed by atoms with Crippen molar-refractivity contribution < 1.29 is 4.74 Å². The Morgan fingerprint density at radius 2 is 1.83 bits per heavy atom. The van der Waals surface area contributed by atoms with Crippen LogP contribution in [0.15, 0.2) is 83.0 Å². The molecule has 7 heteroatoms. The van der Waals surface area contributed by atoms with Crippen LogP contribution < -0.4 is 10.5 Å². The fraction of sp³-hybridized carbons (Fsp3) is 0.0909. The molecule has 0 aliphatic rings. The third kappa shape index (κ3) is 7.13. The smallest absolute Gasteiger partial charge is 0.180 e. The molecule has 29 heavy (non-hydrogen) atoms. The van der Waals surface area contributed by atoms with Gasteiger partial charge < -0.3 is 10.5 Å². The summed E-state index contributed by atoms with van der Waals surface area (Å²) in [6.45, 7) is 0.345. The largest absolute Gasteiger partial charge is 0.489 e. The molecule has 0 aliphatic carbocycles. The van der Waals surface area contributed by atoms with E-state index in [4.69, 9.17) is 33.7 Å². The van der Waals surface area contributed by atoms with Gasteiger partial charge in [-0.25, -0.2) is 0 Å². The van der Waals surface area contributed by atoms with Crippen LogP contribution in [0.5, 0.6) is 5.75 Å². The van der Waals surface area contributed by atoms with Gasteiger partial charge in [0.2, 0.25) is 0 Å². The molecule has 0 aliphatic heterocycles. The predicted octanol–water partition coefficient (Wildman–Crippen LogP) is 6.15. The summed E-state index contributed by atoms with van der Waals surface area (Å²) in [5.74, 6) is 1.46. The van der Waals surface area contributed by atoms with Crippen LogP contribution in [0, 0.1) is 0 Å². The standard InChI is InChI=1S/C22H19Cl2N3OS/c23-19-10-9-18(21(24)12-19)14-28-20-8-4-7-17(11-20)13-26-27-22(25)29-15-16-5-2-1-3-6-16/h1-13H,14-15H2,(H2,25,27). The second-order valence-corrected chi connectivity index (χ2v) is 7.89. The van der Waals surface area contributed by atoms with Crippen molar-refractivity contribution in [2.75, 3.05) is 0 Å². The first-order chi connectivity index (χ1) is 14.1. The first kappa shape index (κ1) is 21.2. The van der Waals surface area contributed by atoms with Crippen molar-refractivity contribution in [3.05, 3.63) is 99.5 Å². The lowest BCUT2D eigenvalue weighted by atomic mass is 10.2. The highest BCUT2D eigenvalue weighted by Crippen LogP contribution is 2.23. The molecule has 0 heterocycles. The number of amidine groups is 1. The second kappa shape index (κ2) is 10.9. The fourth-order valence-corrected chi connectivity index (χ4v) is 3.47. The number of halogens is 2. The van der Waals surface area contributed by atoms with Crippen LogP contribution in [0.3, 0.4) is 0 Å². The third-order valence-corrected chi connectivity index (χ3v) is 5.30. The van der Waals surface area contributed by atoms with Crippen molar-refractivity contribution in [1.82, 2.24) is 0 Å². The molecule has 0 amide bonds. The maximum atomic E-state index is 6.18. The van der Waals surface area contributed by atoms with Gasteiger partial charge in [-0.05, 0) is 35.4 Å². The van der Waals surface area contributed by atoms with Crippen LogP contribution in [0.1, 0.15) is 16.7 Å². The highest BCUT2D eigenvalue weighted by molar-refractivity contribution is 8.13. The van der Waals surface area contributed by atoms with E-state index in [1.165, 1.54) is 17.3 Å². The Morgan fingerprint density at radius 1 is 1.00 bits per heavy atom. The Labute approximate surface area is 184 Å². The normalized spacial score (nSPS) is 11.7. The van der Waals surface area contributed by atoms with Crippen LogP contribution >= 0.6 is 35.0 Å². The average Bonchev–Trinajstić information content (AvgIpc) is 2.73. The molecule has 2 N–H and O–H groups in total. The van der Waals surface area contributed by atoms with E-state index in [-0.39, 0.29) is 0 Å². The van der Waals surface area contributed by atoms with Crippen molar-refractivity contribution in [1.29, 1.82) is 0 Å². The van der Waals surface area contributed by atoms with Crippen LogP contribution in [-0.2, 0) is 12.4 Å². The SMILES string of the molecule is NC(=NN=Cc1cccc(OCc2ccc(Cl)cc2Cl)c1)SCc1ccccc1. The van der Waals surface area contributed by atoms with E-state index >= 15 is 0 Å². The average molecular weight is 444 g/mol. The first-order valence-corrected chi connectivity index (χ1v) is 10.5. The summed E-state index contributed by atoms with van der Waals surface area (Å²) in [6.07, 6.45) is 1.64. The van der Waals surface area contributed by atoms with E-state index in [1.54, 1.807) is 18.3 Å². The molecule has 0 atom stereocenters. The summed E-state index contributed by atoms with van der Waals surface area (Å²) < 4.78 is 5.81. The minimum Gasteiger partial charge on any atom is -0.489 e. The fourth-order valence-electron chi connectivity index (χ4n) is 2.40. The Bertz CT molecular complexity index is 1010. The number of nitrogens with two attached hydrogens (primary N) is 1. The summed E-state index contributed by atoms with van der Waals surface area (Å²) in [4.78, 5) is 0. The quantitative estimate of drug-likeness (QED) is 0.270. The van der Waals surface area contributed by atoms with Crippen molar-refractivity contribution >= 4 is 46.3 Å². The zero-order valence-electron chi connectivity index (χ0n) is 15.5. The van der Waals surface area contributed by atoms with Crippen molar-refractivity contribution in [2.24, 2.45) is 15.9 Å². The number of ether oxygens (including phenoxy) is 1. The monoisotopic (exact) mass is 443 g/mol. The molecule has 0 unspecified atom stereocenters. The van der Waals surface area contributed by atoms with Crippen molar-refractivity contribution in [3.8, 4) is 5.75 Å². The summed E-state index contributed by atoms with van der Waals surface area (Å²) in [6, 6.07) is 22.9. The number of thioether (sulfide) groups is 1. The molecule has 0 aromatic heterocycles. The van der Waals surface area contributed by atoms with E-state index in [1.807, 2.05) is 60.7 Å². The number of hydrogen-bond acceptors (Lipinski definition) is 4. The maximum absolute atomic E-state index is 6.18. The Kier molecular flexibility index (Phi) is 7.99. The molecule has 0 spiro atoms. The third-order valence-electron chi connectivity index (χ3n) is 3.86. The molecule has 0 bridgehead atoms. The molecular formula is C22H19Cl2N3OS. The number of hydrogen-bond donors (Lipinski definition) is 1. The first-order valence-electron chi connectivity index (χ1n) is 8.80. The Balaban J connectivity index is 1.54. The zero-order valence-corrected chi connectivity index (χ0v) is 17.8. The topological polar surface area (TPSA) is 60.0 Å². The van der Waals surface area contributed by atoms with E-state index < -0.39 is 0 Å². The molecule has 3 aromatic carbocycles. The van der Waals surface area contributed by atoms with Crippen LogP contribution in [0.4, 0.5) is 0 Å². The Hall–Kier alpha value is -2.47. The van der Waals surface area contributed by atoms with E-state index in [0.29, 0.717) is 27.6 Å². The lowest BCUT2D eigenvalue weighted by Crippen LogP contribution is -2.06. The lowest BCUT2D eigenvalue weighted by Gasteiger charge is -2.08. The zero-order chi connectivity index (χ0) is 20.5. The second-order valence-electron chi connectivity index (χ2n) is 6.05. The maximum Gasteiger partial charge on any atom is 0.180 e. The highest BCUT2D eigenvalue weighted by atomic mass is 35.5. The molecule has 0 saturated heterocycles.